The van der Waals surface area contributed by atoms with Crippen molar-refractivity contribution in [1.82, 2.24) is 10.6 Å². The molecule has 112 valence electrons. The highest BCUT2D eigenvalue weighted by Crippen LogP contribution is 2.41. The molecule has 2 aliphatic carbocycles. The van der Waals surface area contributed by atoms with Crippen molar-refractivity contribution in [3.63, 3.8) is 0 Å². The second kappa shape index (κ2) is 8.32. The summed E-state index contributed by atoms with van der Waals surface area (Å²) in [5.41, 5.74) is 0.502. The Morgan fingerprint density at radius 1 is 1.16 bits per heavy atom. The van der Waals surface area contributed by atoms with Crippen LogP contribution in [-0.4, -0.2) is 25.6 Å². The molecule has 0 heterocycles. The van der Waals surface area contributed by atoms with E-state index in [0.29, 0.717) is 5.41 Å². The van der Waals surface area contributed by atoms with Crippen LogP contribution < -0.4 is 10.6 Å². The van der Waals surface area contributed by atoms with E-state index in [1.165, 1.54) is 44.9 Å². The van der Waals surface area contributed by atoms with Crippen molar-refractivity contribution in [2.75, 3.05) is 19.6 Å². The van der Waals surface area contributed by atoms with Crippen LogP contribution in [0.25, 0.3) is 0 Å². The van der Waals surface area contributed by atoms with Gasteiger partial charge in [0, 0.05) is 19.6 Å². The Labute approximate surface area is 135 Å². The van der Waals surface area contributed by atoms with Crippen molar-refractivity contribution in [2.45, 2.75) is 58.8 Å². The molecule has 2 saturated carbocycles. The highest BCUT2D eigenvalue weighted by molar-refractivity contribution is 14.0. The first-order chi connectivity index (χ1) is 8.78. The number of nitrogens with one attached hydrogen (secondary N) is 2. The minimum absolute atomic E-state index is 0. The third kappa shape index (κ3) is 5.48. The van der Waals surface area contributed by atoms with Crippen molar-refractivity contribution in [1.29, 1.82) is 0 Å². The van der Waals surface area contributed by atoms with E-state index in [1.54, 1.807) is 0 Å². The quantitative estimate of drug-likeness (QED) is 0.421. The van der Waals surface area contributed by atoms with Crippen LogP contribution in [-0.2, 0) is 0 Å². The molecule has 0 aliphatic heterocycles. The fourth-order valence-electron chi connectivity index (χ4n) is 2.90. The smallest absolute Gasteiger partial charge is 0.191 e. The molecule has 2 fully saturated rings. The maximum atomic E-state index is 4.83. The van der Waals surface area contributed by atoms with Crippen LogP contribution in [0.1, 0.15) is 58.8 Å². The normalized spacial score (nSPS) is 21.9. The van der Waals surface area contributed by atoms with E-state index >= 15 is 0 Å². The van der Waals surface area contributed by atoms with Crippen LogP contribution in [0, 0.1) is 11.3 Å². The molecule has 2 rings (SSSR count). The van der Waals surface area contributed by atoms with Gasteiger partial charge >= 0.3 is 0 Å². The van der Waals surface area contributed by atoms with Crippen LogP contribution in [0.5, 0.6) is 0 Å². The Balaban J connectivity index is 0.00000180. The molecule has 0 aromatic heterocycles. The Morgan fingerprint density at radius 3 is 2.37 bits per heavy atom. The minimum Gasteiger partial charge on any atom is -0.357 e. The fourth-order valence-corrected chi connectivity index (χ4v) is 2.90. The van der Waals surface area contributed by atoms with Crippen LogP contribution in [0.3, 0.4) is 0 Å². The Morgan fingerprint density at radius 2 is 1.84 bits per heavy atom. The number of nitrogens with zero attached hydrogens (tertiary/aromatic N) is 1. The number of hydrogen-bond acceptors (Lipinski definition) is 1. The predicted molar refractivity (Wildman–Crippen MR) is 93.3 cm³/mol. The van der Waals surface area contributed by atoms with Gasteiger partial charge in [-0.05, 0) is 50.4 Å². The fraction of sp³-hybridized carbons (Fsp3) is 0.933. The van der Waals surface area contributed by atoms with E-state index in [4.69, 9.17) is 4.99 Å². The third-order valence-corrected chi connectivity index (χ3v) is 4.59. The van der Waals surface area contributed by atoms with E-state index in [2.05, 4.69) is 24.5 Å². The standard InChI is InChI=1S/C15H29N3.HI/c1-3-15(9-5-6-10-15)12-18-14(16-4-2)17-11-13-7-8-13;/h13H,3-12H2,1-2H3,(H2,16,17,18);1H. The summed E-state index contributed by atoms with van der Waals surface area (Å²) >= 11 is 0. The van der Waals surface area contributed by atoms with Gasteiger partial charge in [-0.1, -0.05) is 19.8 Å². The monoisotopic (exact) mass is 379 g/mol. The van der Waals surface area contributed by atoms with Crippen LogP contribution in [0.4, 0.5) is 0 Å². The van der Waals surface area contributed by atoms with Gasteiger partial charge in [-0.2, -0.15) is 0 Å². The lowest BCUT2D eigenvalue weighted by atomic mass is 9.84. The molecule has 0 saturated heterocycles. The Bertz CT molecular complexity index is 281. The van der Waals surface area contributed by atoms with Gasteiger partial charge < -0.3 is 10.6 Å². The highest BCUT2D eigenvalue weighted by atomic mass is 127. The van der Waals surface area contributed by atoms with Gasteiger partial charge in [0.15, 0.2) is 5.96 Å². The lowest BCUT2D eigenvalue weighted by Crippen LogP contribution is -2.39. The molecular weight excluding hydrogens is 349 g/mol. The SMILES string of the molecule is CCNC(=NCC1(CC)CCCC1)NCC1CC1.I. The molecule has 0 unspecified atom stereocenters. The maximum absolute atomic E-state index is 4.83. The predicted octanol–water partition coefficient (Wildman–Crippen LogP) is 3.54. The summed E-state index contributed by atoms with van der Waals surface area (Å²) in [4.78, 5) is 4.83. The summed E-state index contributed by atoms with van der Waals surface area (Å²) < 4.78 is 0. The minimum atomic E-state index is 0. The molecule has 0 spiro atoms. The summed E-state index contributed by atoms with van der Waals surface area (Å²) in [6.45, 7) is 7.52. The van der Waals surface area contributed by atoms with Gasteiger partial charge in [-0.15, -0.1) is 24.0 Å². The molecule has 19 heavy (non-hydrogen) atoms. The average Bonchev–Trinajstić information content (AvgIpc) is 3.10. The average molecular weight is 379 g/mol. The van der Waals surface area contributed by atoms with E-state index in [1.807, 2.05) is 0 Å². The first-order valence-electron chi connectivity index (χ1n) is 7.80. The number of rotatable bonds is 6. The lowest BCUT2D eigenvalue weighted by molar-refractivity contribution is 0.297. The van der Waals surface area contributed by atoms with Gasteiger partial charge in [-0.3, -0.25) is 4.99 Å². The van der Waals surface area contributed by atoms with Crippen LogP contribution in [0.15, 0.2) is 4.99 Å². The first kappa shape index (κ1) is 17.1. The molecule has 0 amide bonds. The lowest BCUT2D eigenvalue weighted by Gasteiger charge is -2.25. The molecule has 0 atom stereocenters. The molecule has 3 nitrogen and oxygen atoms in total. The Kier molecular flexibility index (Phi) is 7.47. The molecule has 0 bridgehead atoms. The van der Waals surface area contributed by atoms with E-state index < -0.39 is 0 Å². The number of aliphatic imine (C=N–C) groups is 1. The van der Waals surface area contributed by atoms with Crippen molar-refractivity contribution in [3.05, 3.63) is 0 Å². The first-order valence-corrected chi connectivity index (χ1v) is 7.80. The van der Waals surface area contributed by atoms with Gasteiger partial charge in [0.25, 0.3) is 0 Å². The summed E-state index contributed by atoms with van der Waals surface area (Å²) in [6.07, 6.45) is 9.60. The van der Waals surface area contributed by atoms with Crippen molar-refractivity contribution in [2.24, 2.45) is 16.3 Å². The zero-order chi connectivity index (χ0) is 12.8. The van der Waals surface area contributed by atoms with Crippen molar-refractivity contribution in [3.8, 4) is 0 Å². The van der Waals surface area contributed by atoms with E-state index in [0.717, 1.165) is 31.5 Å². The van der Waals surface area contributed by atoms with Crippen LogP contribution in [0.2, 0.25) is 0 Å². The Hall–Kier alpha value is 0. The zero-order valence-corrected chi connectivity index (χ0v) is 14.8. The van der Waals surface area contributed by atoms with Crippen LogP contribution >= 0.6 is 24.0 Å². The van der Waals surface area contributed by atoms with Crippen molar-refractivity contribution < 1.29 is 0 Å². The maximum Gasteiger partial charge on any atom is 0.191 e. The molecule has 0 aromatic carbocycles. The summed E-state index contributed by atoms with van der Waals surface area (Å²) in [5.74, 6) is 1.93. The molecule has 2 aliphatic rings. The van der Waals surface area contributed by atoms with Gasteiger partial charge in [0.2, 0.25) is 0 Å². The summed E-state index contributed by atoms with van der Waals surface area (Å²) in [7, 11) is 0. The van der Waals surface area contributed by atoms with Gasteiger partial charge in [0.1, 0.15) is 0 Å². The zero-order valence-electron chi connectivity index (χ0n) is 12.5. The van der Waals surface area contributed by atoms with Crippen molar-refractivity contribution >= 4 is 29.9 Å². The number of guanidine groups is 1. The molecule has 2 N–H and O–H groups in total. The molecular formula is C15H30IN3. The topological polar surface area (TPSA) is 36.4 Å². The largest absolute Gasteiger partial charge is 0.357 e. The van der Waals surface area contributed by atoms with Gasteiger partial charge in [0.05, 0.1) is 0 Å². The molecule has 4 heteroatoms. The summed E-state index contributed by atoms with van der Waals surface area (Å²) in [6, 6.07) is 0. The van der Waals surface area contributed by atoms with Gasteiger partial charge in [-0.25, -0.2) is 0 Å². The molecule has 0 aromatic rings. The van der Waals surface area contributed by atoms with E-state index in [9.17, 15) is 0 Å². The van der Waals surface area contributed by atoms with E-state index in [-0.39, 0.29) is 24.0 Å². The highest BCUT2D eigenvalue weighted by Gasteiger charge is 2.31. The third-order valence-electron chi connectivity index (χ3n) is 4.59. The molecule has 0 radical (unpaired) electrons. The second-order valence-electron chi connectivity index (χ2n) is 6.08. The summed E-state index contributed by atoms with van der Waals surface area (Å²) in [5, 5.41) is 6.86. The number of halogens is 1. The number of hydrogen-bond donors (Lipinski definition) is 2. The second-order valence-corrected chi connectivity index (χ2v) is 6.08.